The van der Waals surface area contributed by atoms with Crippen LogP contribution in [0, 0.1) is 17.1 Å². The first-order valence-electron chi connectivity index (χ1n) is 5.14. The van der Waals surface area contributed by atoms with Crippen molar-refractivity contribution < 1.29 is 8.60 Å². The van der Waals surface area contributed by atoms with Crippen LogP contribution >= 0.6 is 0 Å². The van der Waals surface area contributed by atoms with Crippen LogP contribution in [0.25, 0.3) is 0 Å². The molecule has 1 aromatic rings. The van der Waals surface area contributed by atoms with Crippen molar-refractivity contribution in [1.29, 1.82) is 5.26 Å². The van der Waals surface area contributed by atoms with Crippen molar-refractivity contribution >= 4 is 10.8 Å². The van der Waals surface area contributed by atoms with E-state index in [1.54, 1.807) is 0 Å². The highest BCUT2D eigenvalue weighted by atomic mass is 32.2. The Kier molecular flexibility index (Phi) is 4.63. The Balaban J connectivity index is 2.89. The number of benzene rings is 1. The molecule has 0 heterocycles. The molecule has 0 aliphatic rings. The molecule has 2 atom stereocenters. The van der Waals surface area contributed by atoms with Gasteiger partial charge in [0.1, 0.15) is 5.82 Å². The minimum Gasteiger partial charge on any atom is -0.259 e. The SMILES string of the molecule is CCC(C)S(=O)Cc1cc(C#N)ccc1F. The van der Waals surface area contributed by atoms with Crippen molar-refractivity contribution in [2.24, 2.45) is 0 Å². The summed E-state index contributed by atoms with van der Waals surface area (Å²) < 4.78 is 25.1. The molecule has 0 bridgehead atoms. The maximum absolute atomic E-state index is 13.4. The normalized spacial score (nSPS) is 14.1. The molecule has 1 rings (SSSR count). The second kappa shape index (κ2) is 5.76. The molecule has 4 heteroatoms. The number of halogens is 1. The molecule has 0 fully saturated rings. The van der Waals surface area contributed by atoms with Gasteiger partial charge in [-0.2, -0.15) is 5.26 Å². The first kappa shape index (κ1) is 12.9. The molecule has 2 nitrogen and oxygen atoms in total. The fourth-order valence-electron chi connectivity index (χ4n) is 1.24. The molecule has 2 unspecified atom stereocenters. The summed E-state index contributed by atoms with van der Waals surface area (Å²) in [5.41, 5.74) is 0.759. The van der Waals surface area contributed by atoms with Crippen LogP contribution in [0.5, 0.6) is 0 Å². The smallest absolute Gasteiger partial charge is 0.127 e. The highest BCUT2D eigenvalue weighted by molar-refractivity contribution is 7.84. The lowest BCUT2D eigenvalue weighted by atomic mass is 10.1. The second-order valence-electron chi connectivity index (χ2n) is 3.66. The lowest BCUT2D eigenvalue weighted by molar-refractivity contribution is 0.614. The van der Waals surface area contributed by atoms with Gasteiger partial charge in [0.15, 0.2) is 0 Å². The third-order valence-electron chi connectivity index (χ3n) is 2.50. The van der Waals surface area contributed by atoms with Gasteiger partial charge >= 0.3 is 0 Å². The summed E-state index contributed by atoms with van der Waals surface area (Å²) in [6, 6.07) is 6.09. The van der Waals surface area contributed by atoms with E-state index in [0.29, 0.717) is 11.1 Å². The first-order chi connectivity index (χ1) is 7.58. The van der Waals surface area contributed by atoms with Crippen molar-refractivity contribution in [1.82, 2.24) is 0 Å². The topological polar surface area (TPSA) is 40.9 Å². The van der Waals surface area contributed by atoms with E-state index in [4.69, 9.17) is 5.26 Å². The van der Waals surface area contributed by atoms with E-state index in [9.17, 15) is 8.60 Å². The lowest BCUT2D eigenvalue weighted by Crippen LogP contribution is -2.12. The van der Waals surface area contributed by atoms with Gasteiger partial charge in [-0.25, -0.2) is 4.39 Å². The van der Waals surface area contributed by atoms with Crippen LogP contribution in [-0.4, -0.2) is 9.46 Å². The van der Waals surface area contributed by atoms with Crippen molar-refractivity contribution in [3.8, 4) is 6.07 Å². The minimum atomic E-state index is -1.09. The van der Waals surface area contributed by atoms with E-state index in [1.807, 2.05) is 19.9 Å². The average Bonchev–Trinajstić information content (AvgIpc) is 2.30. The molecule has 0 N–H and O–H groups in total. The summed E-state index contributed by atoms with van der Waals surface area (Å²) in [6.45, 7) is 3.83. The third-order valence-corrected chi connectivity index (χ3v) is 4.32. The molecular formula is C12H14FNOS. The van der Waals surface area contributed by atoms with Crippen molar-refractivity contribution in [2.45, 2.75) is 31.3 Å². The summed E-state index contributed by atoms with van der Waals surface area (Å²) in [4.78, 5) is 0. The Morgan fingerprint density at radius 2 is 2.25 bits per heavy atom. The third kappa shape index (κ3) is 3.14. The Morgan fingerprint density at radius 3 is 2.81 bits per heavy atom. The second-order valence-corrected chi connectivity index (χ2v) is 5.52. The zero-order valence-electron chi connectivity index (χ0n) is 9.37. The van der Waals surface area contributed by atoms with Crippen LogP contribution in [0.4, 0.5) is 4.39 Å². The van der Waals surface area contributed by atoms with Crippen LogP contribution in [0.15, 0.2) is 18.2 Å². The van der Waals surface area contributed by atoms with Crippen LogP contribution in [0.3, 0.4) is 0 Å². The van der Waals surface area contributed by atoms with E-state index in [1.165, 1.54) is 18.2 Å². The molecule has 0 radical (unpaired) electrons. The van der Waals surface area contributed by atoms with Crippen molar-refractivity contribution in [3.05, 3.63) is 35.1 Å². The van der Waals surface area contributed by atoms with Gasteiger partial charge in [-0.3, -0.25) is 4.21 Å². The van der Waals surface area contributed by atoms with Crippen molar-refractivity contribution in [3.63, 3.8) is 0 Å². The van der Waals surface area contributed by atoms with Gasteiger partial charge in [0.05, 0.1) is 17.4 Å². The number of hydrogen-bond acceptors (Lipinski definition) is 2. The van der Waals surface area contributed by atoms with Gasteiger partial charge in [0.2, 0.25) is 0 Å². The molecule has 0 aliphatic carbocycles. The van der Waals surface area contributed by atoms with E-state index in [0.717, 1.165) is 6.42 Å². The number of hydrogen-bond donors (Lipinski definition) is 0. The average molecular weight is 239 g/mol. The van der Waals surface area contributed by atoms with Crippen LogP contribution in [0.2, 0.25) is 0 Å². The van der Waals surface area contributed by atoms with Gasteiger partial charge in [-0.15, -0.1) is 0 Å². The van der Waals surface area contributed by atoms with Crippen LogP contribution in [-0.2, 0) is 16.6 Å². The van der Waals surface area contributed by atoms with Crippen LogP contribution in [0.1, 0.15) is 31.4 Å². The predicted molar refractivity (Wildman–Crippen MR) is 62.7 cm³/mol. The summed E-state index contributed by atoms with van der Waals surface area (Å²) in [6.07, 6.45) is 0.798. The maximum Gasteiger partial charge on any atom is 0.127 e. The highest BCUT2D eigenvalue weighted by Gasteiger charge is 2.12. The molecule has 0 amide bonds. The molecule has 86 valence electrons. The van der Waals surface area contributed by atoms with Gasteiger partial charge in [-0.05, 0) is 24.6 Å². The summed E-state index contributed by atoms with van der Waals surface area (Å²) in [5.74, 6) is -0.216. The molecule has 0 aromatic heterocycles. The molecule has 1 aromatic carbocycles. The molecule has 0 spiro atoms. The van der Waals surface area contributed by atoms with Gasteiger partial charge in [-0.1, -0.05) is 13.8 Å². The lowest BCUT2D eigenvalue weighted by Gasteiger charge is -2.09. The molecular weight excluding hydrogens is 225 g/mol. The summed E-state index contributed by atoms with van der Waals surface area (Å²) in [5, 5.41) is 8.74. The summed E-state index contributed by atoms with van der Waals surface area (Å²) >= 11 is 0. The Hall–Kier alpha value is -1.21. The van der Waals surface area contributed by atoms with Gasteiger partial charge in [0, 0.05) is 21.6 Å². The Morgan fingerprint density at radius 1 is 1.56 bits per heavy atom. The molecule has 16 heavy (non-hydrogen) atoms. The zero-order valence-corrected chi connectivity index (χ0v) is 10.2. The zero-order chi connectivity index (χ0) is 12.1. The number of nitrogens with zero attached hydrogens (tertiary/aromatic N) is 1. The monoisotopic (exact) mass is 239 g/mol. The standard InChI is InChI=1S/C12H14FNOS/c1-3-9(2)16(15)8-11-6-10(7-14)4-5-12(11)13/h4-6,9H,3,8H2,1-2H3. The van der Waals surface area contributed by atoms with E-state index < -0.39 is 16.6 Å². The molecule has 0 aliphatic heterocycles. The van der Waals surface area contributed by atoms with Gasteiger partial charge in [0.25, 0.3) is 0 Å². The Bertz CT molecular complexity index is 439. The Labute approximate surface area is 97.6 Å². The fourth-order valence-corrected chi connectivity index (χ4v) is 2.42. The quantitative estimate of drug-likeness (QED) is 0.810. The number of nitriles is 1. The molecule has 0 saturated carbocycles. The predicted octanol–water partition coefficient (Wildman–Crippen LogP) is 2.74. The highest BCUT2D eigenvalue weighted by Crippen LogP contribution is 2.15. The van der Waals surface area contributed by atoms with Gasteiger partial charge < -0.3 is 0 Å². The fraction of sp³-hybridized carbons (Fsp3) is 0.417. The molecule has 0 saturated heterocycles. The largest absolute Gasteiger partial charge is 0.259 e. The minimum absolute atomic E-state index is 0.0464. The number of rotatable bonds is 4. The van der Waals surface area contributed by atoms with E-state index >= 15 is 0 Å². The van der Waals surface area contributed by atoms with E-state index in [2.05, 4.69) is 0 Å². The van der Waals surface area contributed by atoms with E-state index in [-0.39, 0.29) is 11.0 Å². The van der Waals surface area contributed by atoms with Crippen LogP contribution < -0.4 is 0 Å². The maximum atomic E-state index is 13.4. The van der Waals surface area contributed by atoms with Crippen molar-refractivity contribution in [2.75, 3.05) is 0 Å². The first-order valence-corrected chi connectivity index (χ1v) is 6.52. The summed E-state index contributed by atoms with van der Waals surface area (Å²) in [7, 11) is -1.09.